The monoisotopic (exact) mass is 531 g/mol. The fourth-order valence-electron chi connectivity index (χ4n) is 3.29. The summed E-state index contributed by atoms with van der Waals surface area (Å²) < 4.78 is 28.7. The summed E-state index contributed by atoms with van der Waals surface area (Å²) in [5, 5.41) is 29.6. The third kappa shape index (κ3) is 12.4. The van der Waals surface area contributed by atoms with Gasteiger partial charge in [-0.3, -0.25) is 14.2 Å². The molecule has 2 saturated heterocycles. The van der Waals surface area contributed by atoms with Gasteiger partial charge in [0.25, 0.3) is 6.47 Å². The van der Waals surface area contributed by atoms with Crippen molar-refractivity contribution in [2.75, 3.05) is 31.2 Å². The molecule has 0 saturated carbocycles. The zero-order valence-corrected chi connectivity index (χ0v) is 22.9. The van der Waals surface area contributed by atoms with Gasteiger partial charge in [0.2, 0.25) is 13.3 Å². The van der Waals surface area contributed by atoms with Crippen molar-refractivity contribution in [3.05, 3.63) is 35.9 Å². The molecule has 6 atom stereocenters. The van der Waals surface area contributed by atoms with Crippen molar-refractivity contribution in [2.45, 2.75) is 31.8 Å². The molecule has 2 aliphatic rings. The minimum atomic E-state index is -3.48. The Morgan fingerprint density at radius 1 is 1.18 bits per heavy atom. The summed E-state index contributed by atoms with van der Waals surface area (Å²) in [6.07, 6.45) is -1.11. The average molecular weight is 531 g/mol. The van der Waals surface area contributed by atoms with Crippen molar-refractivity contribution >= 4 is 27.1 Å². The van der Waals surface area contributed by atoms with E-state index in [0.29, 0.717) is 18.9 Å². The number of carbonyl (C=O) groups excluding carboxylic acids is 2. The predicted octanol–water partition coefficient (Wildman–Crippen LogP) is -4.63. The number of nitrogens with one attached hydrogen (secondary N) is 1. The SMILES string of the molecule is CC1CP(=O)(OCc2ccccc2)CC1O.NCC(=O)NC1CP(=O)([O-])CC1O.O=CO[O-].[Na+]. The molecule has 5 N–H and O–H groups in total. The van der Waals surface area contributed by atoms with Gasteiger partial charge in [0.1, 0.15) is 0 Å². The van der Waals surface area contributed by atoms with Gasteiger partial charge in [0.15, 0.2) is 0 Å². The molecule has 0 spiro atoms. The van der Waals surface area contributed by atoms with Crippen LogP contribution in [0.25, 0.3) is 0 Å². The molecule has 0 bridgehead atoms. The summed E-state index contributed by atoms with van der Waals surface area (Å²) in [5.41, 5.74) is 6.04. The molecule has 188 valence electrons. The predicted molar refractivity (Wildman–Crippen MR) is 115 cm³/mol. The molecule has 2 heterocycles. The maximum Gasteiger partial charge on any atom is 1.00 e. The molecule has 2 fully saturated rings. The summed E-state index contributed by atoms with van der Waals surface area (Å²) in [4.78, 5) is 33.0. The van der Waals surface area contributed by atoms with Crippen LogP contribution in [0.2, 0.25) is 0 Å². The average Bonchev–Trinajstić information content (AvgIpc) is 3.19. The number of aliphatic hydroxyl groups excluding tert-OH is 2. The molecule has 1 amide bonds. The van der Waals surface area contributed by atoms with Crippen molar-refractivity contribution in [1.29, 1.82) is 0 Å². The fourth-order valence-corrected chi connectivity index (χ4v) is 7.99. The Labute approximate surface area is 220 Å². The van der Waals surface area contributed by atoms with Crippen molar-refractivity contribution in [3.8, 4) is 0 Å². The zero-order chi connectivity index (χ0) is 25.1. The number of hydrogen-bond acceptors (Lipinski definition) is 11. The van der Waals surface area contributed by atoms with Gasteiger partial charge in [-0.1, -0.05) is 37.3 Å². The molecule has 15 heteroatoms. The third-order valence-corrected chi connectivity index (χ3v) is 9.52. The van der Waals surface area contributed by atoms with Crippen LogP contribution in [0.5, 0.6) is 0 Å². The first-order valence-electron chi connectivity index (χ1n) is 10.1. The molecule has 0 aromatic heterocycles. The number of amides is 1. The minimum Gasteiger partial charge on any atom is -0.799 e. The van der Waals surface area contributed by atoms with E-state index in [4.69, 9.17) is 20.3 Å². The van der Waals surface area contributed by atoms with E-state index < -0.39 is 38.9 Å². The summed E-state index contributed by atoms with van der Waals surface area (Å²) in [6, 6.07) is 9.00. The molecular formula is C19H30N2NaO10P2-. The summed E-state index contributed by atoms with van der Waals surface area (Å²) in [6.45, 7) is 1.90. The minimum absolute atomic E-state index is 0. The summed E-state index contributed by atoms with van der Waals surface area (Å²) >= 11 is 0. The van der Waals surface area contributed by atoms with Crippen LogP contribution in [0.4, 0.5) is 0 Å². The smallest absolute Gasteiger partial charge is 0.799 e. The maximum absolute atomic E-state index is 12.2. The van der Waals surface area contributed by atoms with E-state index in [-0.39, 0.29) is 60.8 Å². The standard InChI is InChI=1S/C12H17O3P.C6H13N2O4P.CH2O3.Na/c1-10-8-16(14,9-12(10)13)15-7-11-5-3-2-4-6-11;7-1-6(10)8-4-2-13(11,12)3-5(4)9;2-1-4-3;/h2-6,10,12-13H,7-9H2,1H3;4-5,9H,1-3,7H2,(H,8,10)(H,11,12);1,3H;/q;;;+1/p-2. The Kier molecular flexibility index (Phi) is 15.9. The van der Waals surface area contributed by atoms with Crippen LogP contribution in [-0.2, 0) is 34.7 Å². The van der Waals surface area contributed by atoms with Crippen LogP contribution in [0.1, 0.15) is 12.5 Å². The Balaban J connectivity index is 0.000000549. The summed E-state index contributed by atoms with van der Waals surface area (Å²) in [5.74, 6) is -0.368. The Morgan fingerprint density at radius 3 is 2.18 bits per heavy atom. The normalized spacial score (nSPS) is 31.6. The van der Waals surface area contributed by atoms with Crippen molar-refractivity contribution < 1.29 is 78.1 Å². The zero-order valence-electron chi connectivity index (χ0n) is 19.1. The van der Waals surface area contributed by atoms with Crippen LogP contribution in [0.3, 0.4) is 0 Å². The second-order valence-electron chi connectivity index (χ2n) is 7.80. The van der Waals surface area contributed by atoms with Crippen molar-refractivity contribution in [3.63, 3.8) is 0 Å². The largest absolute Gasteiger partial charge is 1.00 e. The Morgan fingerprint density at radius 2 is 1.76 bits per heavy atom. The van der Waals surface area contributed by atoms with Gasteiger partial charge in [0, 0.05) is 25.9 Å². The molecule has 3 rings (SSSR count). The van der Waals surface area contributed by atoms with Crippen molar-refractivity contribution in [2.24, 2.45) is 11.7 Å². The molecule has 34 heavy (non-hydrogen) atoms. The number of hydrogen-bond donors (Lipinski definition) is 4. The quantitative estimate of drug-likeness (QED) is 0.0901. The first kappa shape index (κ1) is 33.4. The van der Waals surface area contributed by atoms with E-state index in [1.165, 1.54) is 0 Å². The van der Waals surface area contributed by atoms with Crippen LogP contribution in [-0.4, -0.2) is 72.0 Å². The van der Waals surface area contributed by atoms with E-state index in [0.717, 1.165) is 5.56 Å². The van der Waals surface area contributed by atoms with Crippen LogP contribution in [0.15, 0.2) is 30.3 Å². The number of aliphatic hydroxyl groups is 2. The van der Waals surface area contributed by atoms with Gasteiger partial charge in [-0.05, 0) is 11.5 Å². The van der Waals surface area contributed by atoms with Gasteiger partial charge < -0.3 is 45.4 Å². The summed E-state index contributed by atoms with van der Waals surface area (Å²) in [7, 11) is -6.08. The number of benzene rings is 1. The van der Waals surface area contributed by atoms with Gasteiger partial charge in [-0.25, -0.2) is 0 Å². The second-order valence-corrected chi connectivity index (χ2v) is 12.8. The first-order valence-corrected chi connectivity index (χ1v) is 14.1. The molecule has 12 nitrogen and oxygen atoms in total. The van der Waals surface area contributed by atoms with Gasteiger partial charge in [-0.2, -0.15) is 0 Å². The van der Waals surface area contributed by atoms with Crippen LogP contribution < -0.4 is 50.8 Å². The molecule has 1 aromatic rings. The topological polar surface area (TPSA) is 211 Å². The fraction of sp³-hybridized carbons (Fsp3) is 0.579. The number of rotatable bonds is 6. The van der Waals surface area contributed by atoms with Crippen molar-refractivity contribution in [1.82, 2.24) is 5.32 Å². The maximum atomic E-state index is 12.2. The molecule has 6 unspecified atom stereocenters. The molecule has 2 aliphatic heterocycles. The van der Waals surface area contributed by atoms with Gasteiger partial charge in [0.05, 0.1) is 37.6 Å². The van der Waals surface area contributed by atoms with E-state index in [1.54, 1.807) is 0 Å². The number of carbonyl (C=O) groups is 2. The van der Waals surface area contributed by atoms with Gasteiger partial charge >= 0.3 is 29.6 Å². The Hall–Kier alpha value is -0.620. The molecule has 1 aromatic carbocycles. The molecule has 0 radical (unpaired) electrons. The van der Waals surface area contributed by atoms with Crippen LogP contribution >= 0.6 is 14.7 Å². The molecule has 0 aliphatic carbocycles. The first-order chi connectivity index (χ1) is 15.4. The Bertz CT molecular complexity index is 834. The number of nitrogens with two attached hydrogens (primary N) is 1. The van der Waals surface area contributed by atoms with E-state index in [9.17, 15) is 29.0 Å². The molecular weight excluding hydrogens is 501 g/mol. The van der Waals surface area contributed by atoms with Gasteiger partial charge in [-0.15, -0.1) is 0 Å². The van der Waals surface area contributed by atoms with E-state index >= 15 is 0 Å². The third-order valence-electron chi connectivity index (χ3n) is 4.97. The van der Waals surface area contributed by atoms with Crippen LogP contribution in [0, 0.1) is 5.92 Å². The van der Waals surface area contributed by atoms with E-state index in [1.807, 2.05) is 37.3 Å². The van der Waals surface area contributed by atoms with E-state index in [2.05, 4.69) is 10.2 Å². The second kappa shape index (κ2) is 16.2.